The Hall–Kier alpha value is -2.81. The summed E-state index contributed by atoms with van der Waals surface area (Å²) in [4.78, 5) is 41.4. The van der Waals surface area contributed by atoms with Gasteiger partial charge in [0.25, 0.3) is 5.56 Å². The molecule has 16 nitrogen and oxygen atoms in total. The van der Waals surface area contributed by atoms with E-state index < -0.39 is 73.0 Å². The van der Waals surface area contributed by atoms with Crippen molar-refractivity contribution >= 4 is 64.3 Å². The zero-order valence-electron chi connectivity index (χ0n) is 21.2. The average Bonchev–Trinajstić information content (AvgIpc) is 3.69. The highest BCUT2D eigenvalue weighted by Gasteiger charge is 2.50. The molecule has 0 radical (unpaired) electrons. The first-order valence-electron chi connectivity index (χ1n) is 12.3. The molecule has 4 aromatic heterocycles. The lowest BCUT2D eigenvalue weighted by Crippen LogP contribution is -2.33. The molecule has 2 aliphatic rings. The van der Waals surface area contributed by atoms with Gasteiger partial charge < -0.3 is 40.4 Å². The largest absolute Gasteiger partial charge is 0.395 e. The first kappa shape index (κ1) is 29.3. The van der Waals surface area contributed by atoms with Crippen LogP contribution >= 0.6 is 18.5 Å². The molecule has 226 valence electrons. The summed E-state index contributed by atoms with van der Waals surface area (Å²) in [5.41, 5.74) is 11.1. The predicted octanol–water partition coefficient (Wildman–Crippen LogP) is -0.112. The minimum absolute atomic E-state index is 0.0207. The van der Waals surface area contributed by atoms with Crippen LogP contribution in [0.2, 0.25) is 0 Å². The minimum atomic E-state index is -4.26. The maximum atomic E-state index is 15.4. The molecular weight excluding hydrogens is 623 g/mol. The Kier molecular flexibility index (Phi) is 7.69. The zero-order valence-corrected chi connectivity index (χ0v) is 23.7. The first-order valence-corrected chi connectivity index (χ1v) is 15.9. The van der Waals surface area contributed by atoms with E-state index in [-0.39, 0.29) is 28.6 Å². The summed E-state index contributed by atoms with van der Waals surface area (Å²) in [5, 5.41) is 18.7. The third kappa shape index (κ3) is 5.05. The maximum Gasteiger partial charge on any atom is 0.325 e. The molecule has 6 heterocycles. The molecule has 0 bridgehead atoms. The van der Waals surface area contributed by atoms with E-state index in [1.165, 1.54) is 28.0 Å². The number of aliphatic hydroxyl groups is 2. The van der Waals surface area contributed by atoms with E-state index in [0.29, 0.717) is 5.39 Å². The molecule has 0 amide bonds. The summed E-state index contributed by atoms with van der Waals surface area (Å²) in [5.74, 6) is -0.0253. The number of alkyl halides is 2. The number of nitrogens with zero attached hydrogens (tertiary/aromatic N) is 6. The molecule has 1 unspecified atom stereocenters. The van der Waals surface area contributed by atoms with Crippen molar-refractivity contribution in [2.24, 2.45) is 0 Å². The van der Waals surface area contributed by atoms with Crippen LogP contribution < -0.4 is 17.0 Å². The zero-order chi connectivity index (χ0) is 29.9. The Labute approximate surface area is 243 Å². The molecule has 4 aromatic rings. The number of fused-ring (bicyclic) bond motifs is 2. The van der Waals surface area contributed by atoms with Gasteiger partial charge in [0.2, 0.25) is 5.95 Å². The lowest BCUT2D eigenvalue weighted by atomic mass is 10.1. The molecule has 2 saturated heterocycles. The number of anilines is 2. The molecular formula is C21H24F2N9O7PS2. The number of thioether (sulfide) groups is 1. The second kappa shape index (κ2) is 11.0. The number of hydrogen-bond acceptors (Lipinski definition) is 14. The Balaban J connectivity index is 1.19. The molecule has 0 aliphatic carbocycles. The summed E-state index contributed by atoms with van der Waals surface area (Å²) in [6.45, 7) is -5.44. The van der Waals surface area contributed by atoms with Crippen LogP contribution in [0.15, 0.2) is 29.7 Å². The molecule has 0 saturated carbocycles. The summed E-state index contributed by atoms with van der Waals surface area (Å²) < 4.78 is 49.9. The minimum Gasteiger partial charge on any atom is -0.395 e. The van der Waals surface area contributed by atoms with Crippen LogP contribution in [0.5, 0.6) is 0 Å². The average molecular weight is 648 g/mol. The Bertz CT molecular complexity index is 1740. The SMILES string of the molecule is Nc1nc2c(ncn2[C@@H]2S[C@H](CO)[C@H](F)[C@H]2OP(O)(=S)OC[C@H]2O[C@@H](n3ccc4c(N)ncnc43)[C@@H](F)[C@@H]2O)c(=O)[nH]1. The highest BCUT2D eigenvalue weighted by Crippen LogP contribution is 2.54. The Morgan fingerprint density at radius 3 is 2.76 bits per heavy atom. The standard InChI is InChI=1S/C21H24F2N9O7PS2/c22-10-9(3-33)42-20(32-6-28-12-17(32)29-21(25)30-18(12)35)14(10)39-40(36,41)37-4-8-13(34)11(23)19(38-8)31-2-1-7-15(24)26-5-27-16(7)31/h1-2,5-6,8-11,13-14,19-20,33-34H,3-4H2,(H,36,41)(H2,24,26,27)(H3,25,29,30,35)/t8-,9-,10+,11+,13-,14-,19-,20-,40?/m1/s1. The number of nitrogens with two attached hydrogens (primary N) is 2. The van der Waals surface area contributed by atoms with Gasteiger partial charge in [0.05, 0.1) is 30.2 Å². The van der Waals surface area contributed by atoms with E-state index in [4.69, 9.17) is 37.1 Å². The van der Waals surface area contributed by atoms with Crippen molar-refractivity contribution in [3.8, 4) is 0 Å². The van der Waals surface area contributed by atoms with E-state index >= 15 is 8.78 Å². The van der Waals surface area contributed by atoms with Gasteiger partial charge in [-0.05, 0) is 17.9 Å². The number of imidazole rings is 1. The topological polar surface area (TPSA) is 235 Å². The molecule has 2 fully saturated rings. The highest BCUT2D eigenvalue weighted by molar-refractivity contribution is 8.07. The smallest absolute Gasteiger partial charge is 0.325 e. The number of H-pyrrole nitrogens is 1. The fraction of sp³-hybridized carbons (Fsp3) is 0.476. The van der Waals surface area contributed by atoms with Crippen LogP contribution in [0.3, 0.4) is 0 Å². The van der Waals surface area contributed by atoms with E-state index in [1.54, 1.807) is 6.07 Å². The number of halogens is 2. The second-order valence-electron chi connectivity index (χ2n) is 9.52. The molecule has 0 aromatic carbocycles. The maximum absolute atomic E-state index is 15.4. The van der Waals surface area contributed by atoms with Crippen LogP contribution in [0.1, 0.15) is 11.6 Å². The fourth-order valence-electron chi connectivity index (χ4n) is 4.92. The lowest BCUT2D eigenvalue weighted by Gasteiger charge is -2.27. The Morgan fingerprint density at radius 1 is 1.21 bits per heavy atom. The molecule has 21 heteroatoms. The van der Waals surface area contributed by atoms with Crippen LogP contribution in [0.4, 0.5) is 20.5 Å². The number of ether oxygens (including phenoxy) is 1. The van der Waals surface area contributed by atoms with Gasteiger partial charge in [-0.3, -0.25) is 18.9 Å². The molecule has 8 N–H and O–H groups in total. The predicted molar refractivity (Wildman–Crippen MR) is 149 cm³/mol. The monoisotopic (exact) mass is 647 g/mol. The van der Waals surface area contributed by atoms with Crippen LogP contribution in [0.25, 0.3) is 22.2 Å². The van der Waals surface area contributed by atoms with Crippen molar-refractivity contribution in [1.29, 1.82) is 0 Å². The fourth-order valence-corrected chi connectivity index (χ4v) is 7.81. The quantitative estimate of drug-likeness (QED) is 0.137. The van der Waals surface area contributed by atoms with Crippen molar-refractivity contribution < 1.29 is 37.7 Å². The van der Waals surface area contributed by atoms with E-state index in [0.717, 1.165) is 11.8 Å². The van der Waals surface area contributed by atoms with Crippen molar-refractivity contribution in [2.75, 3.05) is 24.7 Å². The van der Waals surface area contributed by atoms with Crippen molar-refractivity contribution in [1.82, 2.24) is 34.1 Å². The number of nitrogen functional groups attached to an aromatic ring is 2. The van der Waals surface area contributed by atoms with E-state index in [1.807, 2.05) is 0 Å². The number of aliphatic hydroxyl groups excluding tert-OH is 2. The molecule has 42 heavy (non-hydrogen) atoms. The normalized spacial score (nSPS) is 31.3. The number of aromatic nitrogens is 7. The van der Waals surface area contributed by atoms with E-state index in [2.05, 4.69) is 24.9 Å². The van der Waals surface area contributed by atoms with Crippen molar-refractivity contribution in [3.05, 3.63) is 35.3 Å². The van der Waals surface area contributed by atoms with Crippen molar-refractivity contribution in [2.45, 2.75) is 47.5 Å². The molecule has 9 atom stereocenters. The third-order valence-electron chi connectivity index (χ3n) is 6.93. The van der Waals surface area contributed by atoms with Gasteiger partial charge in [0, 0.05) is 6.20 Å². The van der Waals surface area contributed by atoms with E-state index in [9.17, 15) is 19.9 Å². The molecule has 0 spiro atoms. The molecule has 2 aliphatic heterocycles. The van der Waals surface area contributed by atoms with Crippen LogP contribution in [-0.2, 0) is 25.6 Å². The van der Waals surface area contributed by atoms with Gasteiger partial charge >= 0.3 is 6.72 Å². The van der Waals surface area contributed by atoms with Gasteiger partial charge in [-0.25, -0.2) is 23.7 Å². The summed E-state index contributed by atoms with van der Waals surface area (Å²) >= 11 is 6.06. The number of aromatic amines is 1. The van der Waals surface area contributed by atoms with Crippen LogP contribution in [0, 0.1) is 0 Å². The lowest BCUT2D eigenvalue weighted by molar-refractivity contribution is -0.0459. The van der Waals surface area contributed by atoms with Gasteiger partial charge in [0.1, 0.15) is 47.6 Å². The summed E-state index contributed by atoms with van der Waals surface area (Å²) in [7, 11) is 0. The third-order valence-corrected chi connectivity index (χ3v) is 10.0. The summed E-state index contributed by atoms with van der Waals surface area (Å²) in [6.07, 6.45) is -5.64. The number of rotatable bonds is 8. The van der Waals surface area contributed by atoms with Gasteiger partial charge in [-0.15, -0.1) is 11.8 Å². The number of hydrogen-bond donors (Lipinski definition) is 6. The van der Waals surface area contributed by atoms with Crippen molar-refractivity contribution in [3.63, 3.8) is 0 Å². The number of nitrogens with one attached hydrogen (secondary N) is 1. The summed E-state index contributed by atoms with van der Waals surface area (Å²) in [6, 6.07) is 1.57. The first-order chi connectivity index (χ1) is 20.0. The second-order valence-corrected chi connectivity index (χ2v) is 13.7. The van der Waals surface area contributed by atoms with Crippen LogP contribution in [-0.4, -0.2) is 98.3 Å². The van der Waals surface area contributed by atoms with Gasteiger partial charge in [-0.2, -0.15) is 4.98 Å². The highest BCUT2D eigenvalue weighted by atomic mass is 32.5. The van der Waals surface area contributed by atoms with Gasteiger partial charge in [-0.1, -0.05) is 0 Å². The molecule has 6 rings (SSSR count). The van der Waals surface area contributed by atoms with Gasteiger partial charge in [0.15, 0.2) is 23.6 Å². The Morgan fingerprint density at radius 2 is 2.00 bits per heavy atom.